The number of carbonyl (C=O) groups excluding carboxylic acids is 1. The molecule has 1 amide bonds. The number of aryl methyl sites for hydroxylation is 1. The highest BCUT2D eigenvalue weighted by Crippen LogP contribution is 2.17. The molecule has 0 saturated heterocycles. The van der Waals surface area contributed by atoms with Crippen molar-refractivity contribution in [2.24, 2.45) is 5.73 Å². The molecule has 1 aromatic carbocycles. The van der Waals surface area contributed by atoms with E-state index in [1.54, 1.807) is 45.0 Å². The summed E-state index contributed by atoms with van der Waals surface area (Å²) in [6.45, 7) is 5.08. The number of nitrogens with two attached hydrogens (primary N) is 1. The first-order valence-electron chi connectivity index (χ1n) is 5.74. The van der Waals surface area contributed by atoms with Crippen molar-refractivity contribution in [3.63, 3.8) is 0 Å². The summed E-state index contributed by atoms with van der Waals surface area (Å²) in [6.07, 6.45) is 0.443. The van der Waals surface area contributed by atoms with Gasteiger partial charge in [0, 0.05) is 5.56 Å². The van der Waals surface area contributed by atoms with E-state index in [4.69, 9.17) is 5.73 Å². The van der Waals surface area contributed by atoms with Gasteiger partial charge in [-0.25, -0.2) is 8.42 Å². The van der Waals surface area contributed by atoms with Gasteiger partial charge < -0.3 is 5.73 Å². The van der Waals surface area contributed by atoms with E-state index >= 15 is 0 Å². The molecule has 0 aliphatic carbocycles. The van der Waals surface area contributed by atoms with E-state index in [-0.39, 0.29) is 5.75 Å². The number of benzene rings is 1. The summed E-state index contributed by atoms with van der Waals surface area (Å²) in [5.41, 5.74) is 6.44. The van der Waals surface area contributed by atoms with Crippen molar-refractivity contribution in [3.8, 4) is 0 Å². The molecule has 0 bridgehead atoms. The monoisotopic (exact) mass is 269 g/mol. The first-order valence-corrected chi connectivity index (χ1v) is 7.40. The molecule has 0 aliphatic rings. The zero-order valence-corrected chi connectivity index (χ0v) is 11.8. The van der Waals surface area contributed by atoms with Crippen LogP contribution in [0.4, 0.5) is 0 Å². The average Bonchev–Trinajstić information content (AvgIpc) is 2.25. The molecular formula is C13H19NO3S. The van der Waals surface area contributed by atoms with Gasteiger partial charge in [0.2, 0.25) is 5.91 Å². The first-order chi connectivity index (χ1) is 8.13. The lowest BCUT2D eigenvalue weighted by molar-refractivity contribution is 0.100. The quantitative estimate of drug-likeness (QED) is 0.900. The van der Waals surface area contributed by atoms with Gasteiger partial charge in [0.1, 0.15) is 0 Å². The molecule has 100 valence electrons. The maximum atomic E-state index is 11.9. The van der Waals surface area contributed by atoms with Crippen LogP contribution in [0.15, 0.2) is 24.3 Å². The van der Waals surface area contributed by atoms with E-state index in [1.807, 2.05) is 0 Å². The number of sulfone groups is 1. The maximum Gasteiger partial charge on any atom is 0.248 e. The van der Waals surface area contributed by atoms with E-state index in [0.717, 1.165) is 5.56 Å². The Morgan fingerprint density at radius 2 is 1.67 bits per heavy atom. The Kier molecular flexibility index (Phi) is 4.16. The van der Waals surface area contributed by atoms with Crippen LogP contribution >= 0.6 is 0 Å². The van der Waals surface area contributed by atoms with Gasteiger partial charge in [0.05, 0.1) is 10.5 Å². The zero-order valence-electron chi connectivity index (χ0n) is 10.9. The fourth-order valence-corrected chi connectivity index (χ4v) is 2.51. The number of rotatable bonds is 4. The molecule has 0 aromatic heterocycles. The molecular weight excluding hydrogens is 250 g/mol. The van der Waals surface area contributed by atoms with E-state index in [9.17, 15) is 13.2 Å². The molecule has 2 N–H and O–H groups in total. The number of hydrogen-bond donors (Lipinski definition) is 1. The third-order valence-corrected chi connectivity index (χ3v) is 5.44. The molecule has 18 heavy (non-hydrogen) atoms. The second kappa shape index (κ2) is 5.10. The van der Waals surface area contributed by atoms with Gasteiger partial charge in [-0.05, 0) is 44.9 Å². The average molecular weight is 269 g/mol. The van der Waals surface area contributed by atoms with Gasteiger partial charge in [-0.15, -0.1) is 0 Å². The van der Waals surface area contributed by atoms with Gasteiger partial charge in [0.15, 0.2) is 9.84 Å². The minimum Gasteiger partial charge on any atom is -0.366 e. The molecule has 5 heteroatoms. The van der Waals surface area contributed by atoms with E-state index in [2.05, 4.69) is 0 Å². The summed E-state index contributed by atoms with van der Waals surface area (Å²) in [4.78, 5) is 10.9. The summed E-state index contributed by atoms with van der Waals surface area (Å²) in [5, 5.41) is 0. The molecule has 0 fully saturated rings. The van der Waals surface area contributed by atoms with Crippen molar-refractivity contribution in [2.75, 3.05) is 5.75 Å². The third kappa shape index (κ3) is 3.57. The van der Waals surface area contributed by atoms with Crippen molar-refractivity contribution in [2.45, 2.75) is 31.9 Å². The molecule has 4 nitrogen and oxygen atoms in total. The van der Waals surface area contributed by atoms with Crippen LogP contribution in [0.2, 0.25) is 0 Å². The minimum atomic E-state index is -3.11. The Balaban J connectivity index is 2.74. The summed E-state index contributed by atoms with van der Waals surface area (Å²) in [6, 6.07) is 6.69. The van der Waals surface area contributed by atoms with Crippen molar-refractivity contribution in [3.05, 3.63) is 35.4 Å². The fourth-order valence-electron chi connectivity index (χ4n) is 1.39. The van der Waals surface area contributed by atoms with Crippen molar-refractivity contribution >= 4 is 15.7 Å². The standard InChI is InChI=1S/C13H19NO3S/c1-13(2,3)18(16,17)9-8-10-4-6-11(7-5-10)12(14)15/h4-7H,8-9H2,1-3H3,(H2,14,15). The van der Waals surface area contributed by atoms with Crippen LogP contribution in [0.1, 0.15) is 36.7 Å². The lowest BCUT2D eigenvalue weighted by Crippen LogP contribution is -2.31. The zero-order chi connectivity index (χ0) is 14.0. The molecule has 0 radical (unpaired) electrons. The molecule has 0 atom stereocenters. The van der Waals surface area contributed by atoms with Crippen LogP contribution in [-0.4, -0.2) is 24.8 Å². The van der Waals surface area contributed by atoms with Crippen LogP contribution in [0.25, 0.3) is 0 Å². The van der Waals surface area contributed by atoms with Crippen molar-refractivity contribution in [1.82, 2.24) is 0 Å². The number of carbonyl (C=O) groups is 1. The number of amides is 1. The van der Waals surface area contributed by atoms with E-state index in [1.165, 1.54) is 0 Å². The summed E-state index contributed by atoms with van der Waals surface area (Å²) < 4.78 is 23.1. The Labute approximate surface area is 108 Å². The molecule has 0 heterocycles. The predicted octanol–water partition coefficient (Wildman–Crippen LogP) is 1.54. The highest BCUT2D eigenvalue weighted by molar-refractivity contribution is 7.92. The lowest BCUT2D eigenvalue weighted by atomic mass is 10.1. The van der Waals surface area contributed by atoms with Crippen LogP contribution < -0.4 is 5.73 Å². The molecule has 0 spiro atoms. The largest absolute Gasteiger partial charge is 0.366 e. The summed E-state index contributed by atoms with van der Waals surface area (Å²) in [7, 11) is -3.11. The smallest absolute Gasteiger partial charge is 0.248 e. The summed E-state index contributed by atoms with van der Waals surface area (Å²) in [5.74, 6) is -0.379. The lowest BCUT2D eigenvalue weighted by Gasteiger charge is -2.18. The van der Waals surface area contributed by atoms with Crippen molar-refractivity contribution in [1.29, 1.82) is 0 Å². The van der Waals surface area contributed by atoms with Crippen LogP contribution in [0.3, 0.4) is 0 Å². The number of hydrogen-bond acceptors (Lipinski definition) is 3. The van der Waals surface area contributed by atoms with Gasteiger partial charge in [-0.3, -0.25) is 4.79 Å². The Bertz CT molecular complexity index is 524. The fraction of sp³-hybridized carbons (Fsp3) is 0.462. The predicted molar refractivity (Wildman–Crippen MR) is 72.2 cm³/mol. The molecule has 0 aliphatic heterocycles. The van der Waals surface area contributed by atoms with Gasteiger partial charge >= 0.3 is 0 Å². The molecule has 1 aromatic rings. The maximum absolute atomic E-state index is 11.9. The Morgan fingerprint density at radius 1 is 1.17 bits per heavy atom. The van der Waals surface area contributed by atoms with Gasteiger partial charge in [0.25, 0.3) is 0 Å². The Hall–Kier alpha value is -1.36. The SMILES string of the molecule is CC(C)(C)S(=O)(=O)CCc1ccc(C(N)=O)cc1. The topological polar surface area (TPSA) is 77.2 Å². The van der Waals surface area contributed by atoms with Crippen LogP contribution in [-0.2, 0) is 16.3 Å². The normalized spacial score (nSPS) is 12.4. The van der Waals surface area contributed by atoms with E-state index in [0.29, 0.717) is 12.0 Å². The minimum absolute atomic E-state index is 0.104. The first kappa shape index (κ1) is 14.7. The molecule has 0 saturated carbocycles. The highest BCUT2D eigenvalue weighted by Gasteiger charge is 2.28. The Morgan fingerprint density at radius 3 is 2.06 bits per heavy atom. The molecule has 0 unspecified atom stereocenters. The second-order valence-corrected chi connectivity index (χ2v) is 8.10. The highest BCUT2D eigenvalue weighted by atomic mass is 32.2. The second-order valence-electron chi connectivity index (χ2n) is 5.24. The van der Waals surface area contributed by atoms with Gasteiger partial charge in [-0.1, -0.05) is 12.1 Å². The van der Waals surface area contributed by atoms with Gasteiger partial charge in [-0.2, -0.15) is 0 Å². The van der Waals surface area contributed by atoms with Crippen LogP contribution in [0.5, 0.6) is 0 Å². The summed E-state index contributed by atoms with van der Waals surface area (Å²) >= 11 is 0. The van der Waals surface area contributed by atoms with E-state index < -0.39 is 20.5 Å². The third-order valence-electron chi connectivity index (χ3n) is 2.83. The number of primary amides is 1. The van der Waals surface area contributed by atoms with Crippen LogP contribution in [0, 0.1) is 0 Å². The van der Waals surface area contributed by atoms with Crippen molar-refractivity contribution < 1.29 is 13.2 Å². The molecule has 1 rings (SSSR count).